The average Bonchev–Trinajstić information content (AvgIpc) is 3.09. The van der Waals surface area contributed by atoms with E-state index < -0.39 is 5.97 Å². The summed E-state index contributed by atoms with van der Waals surface area (Å²) in [6, 6.07) is 6.36. The van der Waals surface area contributed by atoms with E-state index in [0.29, 0.717) is 31.6 Å². The molecule has 1 aliphatic heterocycles. The fraction of sp³-hybridized carbons (Fsp3) is 0.400. The summed E-state index contributed by atoms with van der Waals surface area (Å²) in [5.41, 5.74) is 1.38. The number of rotatable bonds is 5. The summed E-state index contributed by atoms with van der Waals surface area (Å²) in [6.07, 6.45) is 2.67. The van der Waals surface area contributed by atoms with E-state index in [1.807, 2.05) is 0 Å². The molecular weight excluding hydrogens is 378 g/mol. The summed E-state index contributed by atoms with van der Waals surface area (Å²) >= 11 is 0. The van der Waals surface area contributed by atoms with Crippen LogP contribution in [0.1, 0.15) is 28.9 Å². The fourth-order valence-corrected chi connectivity index (χ4v) is 3.36. The van der Waals surface area contributed by atoms with E-state index in [4.69, 9.17) is 9.47 Å². The Labute approximate surface area is 167 Å². The van der Waals surface area contributed by atoms with Gasteiger partial charge in [0.25, 0.3) is 5.91 Å². The molecule has 1 aliphatic rings. The molecule has 3 rings (SSSR count). The lowest BCUT2D eigenvalue weighted by Gasteiger charge is -2.30. The van der Waals surface area contributed by atoms with Gasteiger partial charge in [-0.3, -0.25) is 14.2 Å². The van der Waals surface area contributed by atoms with Gasteiger partial charge in [-0.2, -0.15) is 0 Å². The number of H-pyrrole nitrogens is 1. The van der Waals surface area contributed by atoms with Gasteiger partial charge in [0.2, 0.25) is 0 Å². The number of esters is 2. The standard InChI is InChI=1S/C20H23N3O6/c1-13-11-21-20(27)23(13)16-5-3-14(4-6-16)19(26)29-12-17(24)22-9-7-15(8-10-22)18(25)28-2/h3-6,11,15H,7-10,12H2,1-2H3,(H,21,27). The summed E-state index contributed by atoms with van der Waals surface area (Å²) in [5, 5.41) is 0. The van der Waals surface area contributed by atoms with Gasteiger partial charge in [-0.25, -0.2) is 9.59 Å². The van der Waals surface area contributed by atoms with Gasteiger partial charge < -0.3 is 19.4 Å². The van der Waals surface area contributed by atoms with E-state index in [2.05, 4.69) is 4.98 Å². The number of aryl methyl sites for hydroxylation is 1. The lowest BCUT2D eigenvalue weighted by atomic mass is 9.97. The van der Waals surface area contributed by atoms with Crippen molar-refractivity contribution < 1.29 is 23.9 Å². The van der Waals surface area contributed by atoms with E-state index in [1.54, 1.807) is 42.3 Å². The Morgan fingerprint density at radius 1 is 1.14 bits per heavy atom. The van der Waals surface area contributed by atoms with Crippen LogP contribution in [0.15, 0.2) is 35.3 Å². The molecule has 0 radical (unpaired) electrons. The van der Waals surface area contributed by atoms with Crippen LogP contribution in [0.25, 0.3) is 5.69 Å². The smallest absolute Gasteiger partial charge is 0.338 e. The van der Waals surface area contributed by atoms with E-state index in [-0.39, 0.29) is 35.7 Å². The zero-order valence-electron chi connectivity index (χ0n) is 16.3. The molecule has 1 N–H and O–H groups in total. The molecular formula is C20H23N3O6. The minimum absolute atomic E-state index is 0.193. The van der Waals surface area contributed by atoms with Gasteiger partial charge in [0, 0.05) is 25.0 Å². The van der Waals surface area contributed by atoms with Crippen LogP contribution in [0.2, 0.25) is 0 Å². The third kappa shape index (κ3) is 4.56. The molecule has 29 heavy (non-hydrogen) atoms. The highest BCUT2D eigenvalue weighted by Gasteiger charge is 2.28. The van der Waals surface area contributed by atoms with Gasteiger partial charge in [0.1, 0.15) is 0 Å². The molecule has 1 amide bonds. The van der Waals surface area contributed by atoms with Crippen LogP contribution >= 0.6 is 0 Å². The SMILES string of the molecule is COC(=O)C1CCN(C(=O)COC(=O)c2ccc(-n3c(C)c[nH]c3=O)cc2)CC1. The predicted octanol–water partition coefficient (Wildman–Crippen LogP) is 1.04. The first kappa shape index (κ1) is 20.4. The average molecular weight is 401 g/mol. The van der Waals surface area contributed by atoms with Gasteiger partial charge in [0.05, 0.1) is 24.3 Å². The van der Waals surface area contributed by atoms with Crippen molar-refractivity contribution >= 4 is 17.8 Å². The maximum Gasteiger partial charge on any atom is 0.338 e. The molecule has 1 fully saturated rings. The Balaban J connectivity index is 1.53. The molecule has 0 atom stereocenters. The van der Waals surface area contributed by atoms with E-state index in [9.17, 15) is 19.2 Å². The highest BCUT2D eigenvalue weighted by Crippen LogP contribution is 2.18. The van der Waals surface area contributed by atoms with Crippen molar-refractivity contribution in [2.45, 2.75) is 19.8 Å². The van der Waals surface area contributed by atoms with Gasteiger partial charge in [-0.1, -0.05) is 0 Å². The molecule has 1 aromatic heterocycles. The maximum absolute atomic E-state index is 12.3. The number of hydrogen-bond donors (Lipinski definition) is 1. The number of benzene rings is 1. The lowest BCUT2D eigenvalue weighted by molar-refractivity contribution is -0.149. The number of nitrogens with one attached hydrogen (secondary N) is 1. The summed E-state index contributed by atoms with van der Waals surface area (Å²) in [7, 11) is 1.35. The Kier molecular flexibility index (Phi) is 6.16. The van der Waals surface area contributed by atoms with Crippen molar-refractivity contribution in [2.75, 3.05) is 26.8 Å². The monoisotopic (exact) mass is 401 g/mol. The summed E-state index contributed by atoms with van der Waals surface area (Å²) in [4.78, 5) is 52.0. The number of nitrogens with zero attached hydrogens (tertiary/aromatic N) is 2. The number of carbonyl (C=O) groups excluding carboxylic acids is 3. The number of piperidine rings is 1. The van der Waals surface area contributed by atoms with Crippen molar-refractivity contribution in [3.05, 3.63) is 52.2 Å². The lowest BCUT2D eigenvalue weighted by Crippen LogP contribution is -2.42. The van der Waals surface area contributed by atoms with Crippen LogP contribution in [-0.4, -0.2) is 59.1 Å². The van der Waals surface area contributed by atoms with Crippen LogP contribution in [-0.2, 0) is 19.1 Å². The number of methoxy groups -OCH3 is 1. The van der Waals surface area contributed by atoms with Crippen LogP contribution in [0, 0.1) is 12.8 Å². The van der Waals surface area contributed by atoms with E-state index in [0.717, 1.165) is 5.69 Å². The van der Waals surface area contributed by atoms with Crippen molar-refractivity contribution in [1.29, 1.82) is 0 Å². The highest BCUT2D eigenvalue weighted by molar-refractivity contribution is 5.91. The third-order valence-corrected chi connectivity index (χ3v) is 5.03. The number of aromatic nitrogens is 2. The molecule has 154 valence electrons. The second kappa shape index (κ2) is 8.76. The number of imidazole rings is 1. The Morgan fingerprint density at radius 3 is 2.34 bits per heavy atom. The normalized spacial score (nSPS) is 14.5. The number of aromatic amines is 1. The third-order valence-electron chi connectivity index (χ3n) is 5.03. The van der Waals surface area contributed by atoms with Gasteiger partial charge in [-0.05, 0) is 44.0 Å². The molecule has 2 aromatic rings. The molecule has 0 aliphatic carbocycles. The van der Waals surface area contributed by atoms with E-state index in [1.165, 1.54) is 11.7 Å². The predicted molar refractivity (Wildman–Crippen MR) is 103 cm³/mol. The van der Waals surface area contributed by atoms with Gasteiger partial charge in [-0.15, -0.1) is 0 Å². The van der Waals surface area contributed by atoms with Crippen molar-refractivity contribution in [1.82, 2.24) is 14.5 Å². The second-order valence-corrected chi connectivity index (χ2v) is 6.87. The molecule has 0 saturated carbocycles. The first-order valence-corrected chi connectivity index (χ1v) is 9.31. The second-order valence-electron chi connectivity index (χ2n) is 6.87. The Hall–Kier alpha value is -3.36. The topological polar surface area (TPSA) is 111 Å². The molecule has 0 spiro atoms. The first-order chi connectivity index (χ1) is 13.9. The van der Waals surface area contributed by atoms with Gasteiger partial charge in [0.15, 0.2) is 6.61 Å². The molecule has 0 bridgehead atoms. The number of ether oxygens (including phenoxy) is 2. The molecule has 9 heteroatoms. The van der Waals surface area contributed by atoms with Crippen LogP contribution in [0.4, 0.5) is 0 Å². The zero-order chi connectivity index (χ0) is 21.0. The van der Waals surface area contributed by atoms with Crippen LogP contribution < -0.4 is 5.69 Å². The van der Waals surface area contributed by atoms with Gasteiger partial charge >= 0.3 is 17.6 Å². The molecule has 1 aromatic carbocycles. The van der Waals surface area contributed by atoms with Crippen molar-refractivity contribution in [3.8, 4) is 5.69 Å². The quantitative estimate of drug-likeness (QED) is 0.750. The fourth-order valence-electron chi connectivity index (χ4n) is 3.36. The molecule has 2 heterocycles. The summed E-state index contributed by atoms with van der Waals surface area (Å²) < 4.78 is 11.3. The van der Waals surface area contributed by atoms with Crippen molar-refractivity contribution in [2.24, 2.45) is 5.92 Å². The largest absolute Gasteiger partial charge is 0.469 e. The van der Waals surface area contributed by atoms with Crippen LogP contribution in [0.5, 0.6) is 0 Å². The van der Waals surface area contributed by atoms with E-state index >= 15 is 0 Å². The Morgan fingerprint density at radius 2 is 1.79 bits per heavy atom. The van der Waals surface area contributed by atoms with Crippen molar-refractivity contribution in [3.63, 3.8) is 0 Å². The molecule has 9 nitrogen and oxygen atoms in total. The maximum atomic E-state index is 12.3. The minimum Gasteiger partial charge on any atom is -0.469 e. The summed E-state index contributed by atoms with van der Waals surface area (Å²) in [6.45, 7) is 2.28. The summed E-state index contributed by atoms with van der Waals surface area (Å²) in [5.74, 6) is -1.37. The first-order valence-electron chi connectivity index (χ1n) is 9.31. The number of hydrogen-bond acceptors (Lipinski definition) is 6. The number of carbonyl (C=O) groups is 3. The minimum atomic E-state index is -0.618. The molecule has 0 unspecified atom stereocenters. The molecule has 1 saturated heterocycles. The highest BCUT2D eigenvalue weighted by atomic mass is 16.5. The zero-order valence-corrected chi connectivity index (χ0v) is 16.3. The van der Waals surface area contributed by atoms with Crippen LogP contribution in [0.3, 0.4) is 0 Å². The number of amides is 1. The Bertz CT molecular complexity index is 951. The number of likely N-dealkylation sites (tertiary alicyclic amines) is 1.